The Morgan fingerprint density at radius 2 is 1.40 bits per heavy atom. The lowest BCUT2D eigenvalue weighted by atomic mass is 10.1. The summed E-state index contributed by atoms with van der Waals surface area (Å²) in [6.45, 7) is 0.251. The molecule has 200 valence electrons. The largest absolute Gasteiger partial charge is 0.457 e. The van der Waals surface area contributed by atoms with Crippen molar-refractivity contribution in [2.24, 2.45) is 0 Å². The number of halogens is 2. The number of rotatable bonds is 9. The van der Waals surface area contributed by atoms with Crippen LogP contribution < -0.4 is 15.4 Å². The molecule has 2 N–H and O–H groups in total. The van der Waals surface area contributed by atoms with E-state index in [-0.39, 0.29) is 29.7 Å². The standard InChI is InChI=1S/C31H23Cl2N3O4/c32-26-9-5-4-6-22(26)19-36-30(38)27(33)28(31(36)39)34-18-20-10-12-21(13-11-20)29(37)35-23-14-16-25(17-15-23)40-24-7-2-1-3-8-24/h1-17,34H,18-19H2,(H,35,37). The molecule has 7 nitrogen and oxygen atoms in total. The van der Waals surface area contributed by atoms with Crippen LogP contribution in [0.1, 0.15) is 21.5 Å². The van der Waals surface area contributed by atoms with Crippen LogP contribution in [-0.4, -0.2) is 22.6 Å². The van der Waals surface area contributed by atoms with Crippen molar-refractivity contribution < 1.29 is 19.1 Å². The predicted molar refractivity (Wildman–Crippen MR) is 154 cm³/mol. The minimum Gasteiger partial charge on any atom is -0.457 e. The van der Waals surface area contributed by atoms with Crippen molar-refractivity contribution >= 4 is 46.6 Å². The van der Waals surface area contributed by atoms with Gasteiger partial charge in [-0.3, -0.25) is 19.3 Å². The fraction of sp³-hybridized carbons (Fsp3) is 0.0645. The van der Waals surface area contributed by atoms with Gasteiger partial charge >= 0.3 is 0 Å². The number of benzene rings is 4. The Balaban J connectivity index is 1.15. The number of imide groups is 1. The van der Waals surface area contributed by atoms with E-state index in [1.165, 1.54) is 0 Å². The minimum atomic E-state index is -0.583. The van der Waals surface area contributed by atoms with Gasteiger partial charge in [0.1, 0.15) is 22.2 Å². The molecule has 0 saturated carbocycles. The first kappa shape index (κ1) is 27.0. The Bertz CT molecular complexity index is 1590. The van der Waals surface area contributed by atoms with E-state index in [1.54, 1.807) is 72.8 Å². The molecule has 0 radical (unpaired) electrons. The first-order chi connectivity index (χ1) is 19.4. The highest BCUT2D eigenvalue weighted by molar-refractivity contribution is 6.47. The molecule has 0 aliphatic carbocycles. The van der Waals surface area contributed by atoms with Gasteiger partial charge in [0.2, 0.25) is 0 Å². The van der Waals surface area contributed by atoms with Crippen LogP contribution in [0.5, 0.6) is 11.5 Å². The summed E-state index contributed by atoms with van der Waals surface area (Å²) < 4.78 is 5.77. The zero-order chi connectivity index (χ0) is 28.1. The first-order valence-corrected chi connectivity index (χ1v) is 13.1. The van der Waals surface area contributed by atoms with E-state index in [9.17, 15) is 14.4 Å². The van der Waals surface area contributed by atoms with E-state index in [1.807, 2.05) is 30.3 Å². The normalized spacial score (nSPS) is 13.0. The number of ether oxygens (including phenoxy) is 1. The Kier molecular flexibility index (Phi) is 8.15. The van der Waals surface area contributed by atoms with E-state index in [0.717, 1.165) is 16.2 Å². The van der Waals surface area contributed by atoms with Crippen molar-refractivity contribution in [3.8, 4) is 11.5 Å². The van der Waals surface area contributed by atoms with Gasteiger partial charge in [0, 0.05) is 22.8 Å². The molecule has 1 aliphatic rings. The zero-order valence-corrected chi connectivity index (χ0v) is 22.6. The van der Waals surface area contributed by atoms with Gasteiger partial charge in [-0.15, -0.1) is 0 Å². The second-order valence-corrected chi connectivity index (χ2v) is 9.71. The van der Waals surface area contributed by atoms with Gasteiger partial charge in [-0.25, -0.2) is 0 Å². The third-order valence-corrected chi connectivity index (χ3v) is 6.89. The summed E-state index contributed by atoms with van der Waals surface area (Å²) in [5, 5.41) is 6.10. The summed E-state index contributed by atoms with van der Waals surface area (Å²) in [7, 11) is 0. The van der Waals surface area contributed by atoms with Gasteiger partial charge in [-0.2, -0.15) is 0 Å². The Morgan fingerprint density at radius 1 is 0.750 bits per heavy atom. The fourth-order valence-corrected chi connectivity index (χ4v) is 4.48. The Hall–Kier alpha value is -4.59. The van der Waals surface area contributed by atoms with Crippen molar-refractivity contribution in [2.45, 2.75) is 13.1 Å². The number of anilines is 1. The predicted octanol–water partition coefficient (Wildman–Crippen LogP) is 6.49. The van der Waals surface area contributed by atoms with Crippen molar-refractivity contribution in [3.05, 3.63) is 136 Å². The summed E-state index contributed by atoms with van der Waals surface area (Å²) in [6.07, 6.45) is 0. The highest BCUT2D eigenvalue weighted by Crippen LogP contribution is 2.27. The SMILES string of the molecule is O=C(Nc1ccc(Oc2ccccc2)cc1)c1ccc(CNC2=C(Cl)C(=O)N(Cc3ccccc3Cl)C2=O)cc1. The zero-order valence-electron chi connectivity index (χ0n) is 21.1. The molecular formula is C31H23Cl2N3O4. The van der Waals surface area contributed by atoms with Gasteiger partial charge in [0.05, 0.1) is 6.54 Å². The molecule has 0 unspecified atom stereocenters. The lowest BCUT2D eigenvalue weighted by Gasteiger charge is -2.16. The summed E-state index contributed by atoms with van der Waals surface area (Å²) >= 11 is 12.4. The molecule has 4 aromatic carbocycles. The van der Waals surface area contributed by atoms with Crippen molar-refractivity contribution in [3.63, 3.8) is 0 Å². The number of amides is 3. The van der Waals surface area contributed by atoms with E-state index >= 15 is 0 Å². The van der Waals surface area contributed by atoms with E-state index < -0.39 is 11.8 Å². The Morgan fingerprint density at radius 3 is 2.10 bits per heavy atom. The van der Waals surface area contributed by atoms with Crippen LogP contribution in [0.25, 0.3) is 0 Å². The van der Waals surface area contributed by atoms with Crippen molar-refractivity contribution in [2.75, 3.05) is 5.32 Å². The highest BCUT2D eigenvalue weighted by Gasteiger charge is 2.37. The Labute approximate surface area is 241 Å². The maximum atomic E-state index is 12.9. The molecule has 5 rings (SSSR count). The second-order valence-electron chi connectivity index (χ2n) is 8.92. The number of carbonyl (C=O) groups excluding carboxylic acids is 3. The van der Waals surface area contributed by atoms with Gasteiger partial charge in [-0.1, -0.05) is 71.7 Å². The highest BCUT2D eigenvalue weighted by atomic mass is 35.5. The van der Waals surface area contributed by atoms with Gasteiger partial charge in [-0.05, 0) is 65.7 Å². The lowest BCUT2D eigenvalue weighted by molar-refractivity contribution is -0.138. The summed E-state index contributed by atoms with van der Waals surface area (Å²) in [4.78, 5) is 39.3. The van der Waals surface area contributed by atoms with Crippen LogP contribution in [0.2, 0.25) is 5.02 Å². The molecule has 0 fully saturated rings. The van der Waals surface area contributed by atoms with Crippen LogP contribution in [0.15, 0.2) is 114 Å². The number of para-hydroxylation sites is 1. The molecular weight excluding hydrogens is 549 g/mol. The number of nitrogens with one attached hydrogen (secondary N) is 2. The van der Waals surface area contributed by atoms with Crippen LogP contribution in [-0.2, 0) is 22.7 Å². The third-order valence-electron chi connectivity index (χ3n) is 6.17. The summed E-state index contributed by atoms with van der Waals surface area (Å²) in [5.41, 5.74) is 2.55. The monoisotopic (exact) mass is 571 g/mol. The molecule has 4 aromatic rings. The molecule has 0 atom stereocenters. The average Bonchev–Trinajstić information content (AvgIpc) is 3.17. The smallest absolute Gasteiger partial charge is 0.278 e. The number of hydrogen-bond acceptors (Lipinski definition) is 5. The maximum Gasteiger partial charge on any atom is 0.278 e. The summed E-state index contributed by atoms with van der Waals surface area (Å²) in [5.74, 6) is 0.0112. The lowest BCUT2D eigenvalue weighted by Crippen LogP contribution is -2.33. The van der Waals surface area contributed by atoms with E-state index in [0.29, 0.717) is 27.6 Å². The molecule has 0 aromatic heterocycles. The topological polar surface area (TPSA) is 87.7 Å². The van der Waals surface area contributed by atoms with Gasteiger partial charge in [0.25, 0.3) is 17.7 Å². The number of carbonyl (C=O) groups is 3. The third kappa shape index (κ3) is 6.17. The summed E-state index contributed by atoms with van der Waals surface area (Å²) in [6, 6.07) is 30.4. The molecule has 1 heterocycles. The van der Waals surface area contributed by atoms with Crippen LogP contribution in [0, 0.1) is 0 Å². The van der Waals surface area contributed by atoms with Gasteiger partial charge in [0.15, 0.2) is 0 Å². The number of nitrogens with zero attached hydrogens (tertiary/aromatic N) is 1. The van der Waals surface area contributed by atoms with Crippen molar-refractivity contribution in [1.29, 1.82) is 0 Å². The molecule has 3 amide bonds. The first-order valence-electron chi connectivity index (χ1n) is 12.4. The molecule has 40 heavy (non-hydrogen) atoms. The van der Waals surface area contributed by atoms with E-state index in [2.05, 4.69) is 10.6 Å². The average molecular weight is 572 g/mol. The minimum absolute atomic E-state index is 0.0192. The molecule has 0 saturated heterocycles. The molecule has 1 aliphatic heterocycles. The molecule has 0 bridgehead atoms. The van der Waals surface area contributed by atoms with E-state index in [4.69, 9.17) is 27.9 Å². The van der Waals surface area contributed by atoms with Crippen LogP contribution in [0.4, 0.5) is 5.69 Å². The van der Waals surface area contributed by atoms with Crippen LogP contribution >= 0.6 is 23.2 Å². The fourth-order valence-electron chi connectivity index (χ4n) is 4.04. The maximum absolute atomic E-state index is 12.9. The van der Waals surface area contributed by atoms with Crippen molar-refractivity contribution in [1.82, 2.24) is 10.2 Å². The molecule has 0 spiro atoms. The number of hydrogen-bond donors (Lipinski definition) is 2. The van der Waals surface area contributed by atoms with Gasteiger partial charge < -0.3 is 15.4 Å². The second kappa shape index (κ2) is 12.1. The quantitative estimate of drug-likeness (QED) is 0.224. The molecule has 9 heteroatoms. The van der Waals surface area contributed by atoms with Crippen LogP contribution in [0.3, 0.4) is 0 Å².